The number of aliphatic hydroxyl groups excluding tert-OH is 1. The first-order chi connectivity index (χ1) is 20.5. The summed E-state index contributed by atoms with van der Waals surface area (Å²) in [5, 5.41) is 24.4. The average molecular weight is 599 g/mol. The third-order valence-electron chi connectivity index (χ3n) is 8.22. The molecule has 43 heavy (non-hydrogen) atoms. The minimum atomic E-state index is -4.61. The molecule has 2 fully saturated rings. The summed E-state index contributed by atoms with van der Waals surface area (Å²) in [6.45, 7) is 7.24. The van der Waals surface area contributed by atoms with Crippen molar-refractivity contribution in [3.05, 3.63) is 58.5 Å². The Morgan fingerprint density at radius 1 is 1.26 bits per heavy atom. The van der Waals surface area contributed by atoms with E-state index in [-0.39, 0.29) is 41.3 Å². The Morgan fingerprint density at radius 3 is 2.72 bits per heavy atom. The van der Waals surface area contributed by atoms with Crippen molar-refractivity contribution in [3.63, 3.8) is 0 Å². The normalized spacial score (nSPS) is 20.7. The van der Waals surface area contributed by atoms with Crippen LogP contribution in [-0.2, 0) is 6.18 Å². The van der Waals surface area contributed by atoms with Crippen molar-refractivity contribution < 1.29 is 23.0 Å². The maximum atomic E-state index is 13.8. The lowest BCUT2D eigenvalue weighted by atomic mass is 10.1. The summed E-state index contributed by atoms with van der Waals surface area (Å²) in [6, 6.07) is 5.48. The molecule has 5 rings (SSSR count). The number of hydrogen-bond donors (Lipinski definition) is 1. The molecule has 0 bridgehead atoms. The lowest BCUT2D eigenvalue weighted by molar-refractivity contribution is -0.138. The summed E-state index contributed by atoms with van der Waals surface area (Å²) in [6.07, 6.45) is -0.685. The van der Waals surface area contributed by atoms with Gasteiger partial charge in [-0.05, 0) is 57.1 Å². The van der Waals surface area contributed by atoms with Crippen LogP contribution in [-0.4, -0.2) is 92.8 Å². The number of nitrogens with zero attached hydrogens (tertiary/aromatic N) is 8. The maximum Gasteiger partial charge on any atom is 0.416 e. The van der Waals surface area contributed by atoms with Crippen LogP contribution in [0.1, 0.15) is 30.4 Å². The minimum absolute atomic E-state index is 0.0157. The van der Waals surface area contributed by atoms with Crippen molar-refractivity contribution in [3.8, 4) is 17.8 Å². The second-order valence-electron chi connectivity index (χ2n) is 10.8. The Labute approximate surface area is 246 Å². The van der Waals surface area contributed by atoms with Crippen molar-refractivity contribution in [1.82, 2.24) is 29.5 Å². The second-order valence-corrected chi connectivity index (χ2v) is 10.8. The number of aromatic nitrogens is 4. The highest BCUT2D eigenvalue weighted by Gasteiger charge is 2.34. The smallest absolute Gasteiger partial charge is 0.416 e. The largest absolute Gasteiger partial charge is 0.462 e. The summed E-state index contributed by atoms with van der Waals surface area (Å²) in [5.74, 6) is 0.355. The summed E-state index contributed by atoms with van der Waals surface area (Å²) < 4.78 is 47.8. The molecule has 0 aliphatic carbocycles. The first-order valence-corrected chi connectivity index (χ1v) is 14.0. The molecule has 2 aliphatic rings. The van der Waals surface area contributed by atoms with Crippen LogP contribution < -0.4 is 15.2 Å². The van der Waals surface area contributed by atoms with Crippen LogP contribution in [0.15, 0.2) is 41.8 Å². The number of aliphatic hydroxyl groups is 1. The van der Waals surface area contributed by atoms with Gasteiger partial charge in [0.1, 0.15) is 24.2 Å². The number of likely N-dealkylation sites (tertiary alicyclic amines) is 1. The van der Waals surface area contributed by atoms with Crippen molar-refractivity contribution in [2.75, 3.05) is 44.7 Å². The molecule has 0 saturated carbocycles. The summed E-state index contributed by atoms with van der Waals surface area (Å²) in [4.78, 5) is 28.7. The predicted octanol–water partition coefficient (Wildman–Crippen LogP) is 2.88. The van der Waals surface area contributed by atoms with Gasteiger partial charge >= 0.3 is 12.2 Å². The lowest BCUT2D eigenvalue weighted by Crippen LogP contribution is -2.56. The number of nitriles is 1. The molecular weight excluding hydrogens is 565 g/mol. The quantitative estimate of drug-likeness (QED) is 0.387. The van der Waals surface area contributed by atoms with E-state index in [1.54, 1.807) is 4.90 Å². The average Bonchev–Trinajstić information content (AvgIpc) is 3.40. The maximum absolute atomic E-state index is 13.8. The SMILES string of the molecule is C=CC(O)N1CCN(c2nc(OC[C@@H]3CCCN3C)nc3c(=O)n(-c4cccc(C(F)(F)F)c4C)ncc23)CC1CC#N. The van der Waals surface area contributed by atoms with Gasteiger partial charge in [-0.3, -0.25) is 9.69 Å². The molecule has 2 aromatic heterocycles. The fourth-order valence-corrected chi connectivity index (χ4v) is 5.82. The zero-order valence-corrected chi connectivity index (χ0v) is 24.0. The zero-order valence-electron chi connectivity index (χ0n) is 24.0. The highest BCUT2D eigenvalue weighted by atomic mass is 19.4. The van der Waals surface area contributed by atoms with E-state index in [1.807, 2.05) is 11.9 Å². The first kappa shape index (κ1) is 30.4. The van der Waals surface area contributed by atoms with Crippen molar-refractivity contribution >= 4 is 16.7 Å². The third-order valence-corrected chi connectivity index (χ3v) is 8.22. The molecule has 0 spiro atoms. The number of alkyl halides is 3. The highest BCUT2D eigenvalue weighted by Crippen LogP contribution is 2.34. The van der Waals surface area contributed by atoms with Crippen molar-refractivity contribution in [2.24, 2.45) is 0 Å². The van der Waals surface area contributed by atoms with Crippen LogP contribution in [0.5, 0.6) is 6.01 Å². The predicted molar refractivity (Wildman–Crippen MR) is 153 cm³/mol. The summed E-state index contributed by atoms with van der Waals surface area (Å²) >= 11 is 0. The van der Waals surface area contributed by atoms with E-state index in [9.17, 15) is 28.3 Å². The molecule has 11 nitrogen and oxygen atoms in total. The van der Waals surface area contributed by atoms with E-state index >= 15 is 0 Å². The second kappa shape index (κ2) is 12.3. The summed E-state index contributed by atoms with van der Waals surface area (Å²) in [7, 11) is 2.00. The number of benzene rings is 1. The van der Waals surface area contributed by atoms with E-state index in [0.717, 1.165) is 30.1 Å². The van der Waals surface area contributed by atoms with Crippen molar-refractivity contribution in [1.29, 1.82) is 5.26 Å². The van der Waals surface area contributed by atoms with Gasteiger partial charge in [-0.1, -0.05) is 12.6 Å². The minimum Gasteiger partial charge on any atom is -0.462 e. The Morgan fingerprint density at radius 2 is 2.05 bits per heavy atom. The van der Waals surface area contributed by atoms with Gasteiger partial charge in [0.15, 0.2) is 0 Å². The molecule has 3 aromatic rings. The molecule has 3 atom stereocenters. The molecule has 4 heterocycles. The van der Waals surface area contributed by atoms with E-state index in [4.69, 9.17) is 4.74 Å². The topological polar surface area (TPSA) is 124 Å². The Hall–Kier alpha value is -4.06. The van der Waals surface area contributed by atoms with E-state index < -0.39 is 23.5 Å². The number of anilines is 1. The molecule has 1 aromatic carbocycles. The molecule has 0 radical (unpaired) electrons. The van der Waals surface area contributed by atoms with E-state index in [2.05, 4.69) is 32.6 Å². The molecule has 2 aliphatic heterocycles. The number of likely N-dealkylation sites (N-methyl/N-ethyl adjacent to an activating group) is 1. The van der Waals surface area contributed by atoms with Gasteiger partial charge < -0.3 is 19.6 Å². The van der Waals surface area contributed by atoms with Crippen LogP contribution >= 0.6 is 0 Å². The molecule has 14 heteroatoms. The van der Waals surface area contributed by atoms with Gasteiger partial charge in [0.05, 0.1) is 35.3 Å². The van der Waals surface area contributed by atoms with Gasteiger partial charge in [-0.2, -0.15) is 38.2 Å². The van der Waals surface area contributed by atoms with Crippen LogP contribution in [0.25, 0.3) is 16.6 Å². The molecule has 2 unspecified atom stereocenters. The first-order valence-electron chi connectivity index (χ1n) is 14.0. The molecule has 228 valence electrons. The van der Waals surface area contributed by atoms with Gasteiger partial charge in [0.25, 0.3) is 5.56 Å². The molecular formula is C29H33F3N8O3. The third kappa shape index (κ3) is 6.06. The van der Waals surface area contributed by atoms with E-state index in [1.165, 1.54) is 31.3 Å². The molecule has 0 amide bonds. The molecule has 2 saturated heterocycles. The fourth-order valence-electron chi connectivity index (χ4n) is 5.82. The monoisotopic (exact) mass is 598 g/mol. The number of hydrogen-bond acceptors (Lipinski definition) is 10. The highest BCUT2D eigenvalue weighted by molar-refractivity contribution is 5.88. The Balaban J connectivity index is 1.60. The van der Waals surface area contributed by atoms with Crippen LogP contribution in [0.3, 0.4) is 0 Å². The van der Waals surface area contributed by atoms with E-state index in [0.29, 0.717) is 37.4 Å². The lowest BCUT2D eigenvalue weighted by Gasteiger charge is -2.42. The number of piperazine rings is 1. The number of fused-ring (bicyclic) bond motifs is 1. The number of halogens is 3. The molecule has 1 N–H and O–H groups in total. The Bertz CT molecular complexity index is 1600. The van der Waals surface area contributed by atoms with Crippen LogP contribution in [0.4, 0.5) is 19.0 Å². The fraction of sp³-hybridized carbons (Fsp3) is 0.483. The standard InChI is InChI=1S/C29H33F3N8O3/c1-4-24(41)39-14-13-38(16-19(39)10-11-33)26-21-15-34-40(23-9-5-8-22(18(23)2)29(30,31)32)27(42)25(21)35-28(36-26)43-17-20-7-6-12-37(20)3/h4-5,8-9,15,19-20,24,41H,1,6-7,10,12-14,16-17H2,2-3H3/t19?,20-,24?/m0/s1. The zero-order chi connectivity index (χ0) is 30.9. The van der Waals surface area contributed by atoms with Gasteiger partial charge in [-0.15, -0.1) is 0 Å². The van der Waals surface area contributed by atoms with Crippen molar-refractivity contribution in [2.45, 2.75) is 50.7 Å². The van der Waals surface area contributed by atoms with Crippen LogP contribution in [0.2, 0.25) is 0 Å². The number of ether oxygens (including phenoxy) is 1. The van der Waals surface area contributed by atoms with Gasteiger partial charge in [-0.25, -0.2) is 0 Å². The van der Waals surface area contributed by atoms with Gasteiger partial charge in [0.2, 0.25) is 0 Å². The van der Waals surface area contributed by atoms with Gasteiger partial charge in [0, 0.05) is 31.7 Å². The summed E-state index contributed by atoms with van der Waals surface area (Å²) in [5.41, 5.74) is -1.80. The van der Waals surface area contributed by atoms with Crippen LogP contribution in [0, 0.1) is 18.3 Å². The Kier molecular flexibility index (Phi) is 8.68. The number of rotatable bonds is 8.